The number of carbonyl (C=O) groups is 1. The van der Waals surface area contributed by atoms with Crippen molar-refractivity contribution >= 4 is 44.3 Å². The van der Waals surface area contributed by atoms with Crippen molar-refractivity contribution in [3.05, 3.63) is 48.2 Å². The molecule has 11 heteroatoms. The number of nitrogens with one attached hydrogen (secondary N) is 1. The highest BCUT2D eigenvalue weighted by Gasteiger charge is 2.43. The molecule has 9 nitrogen and oxygen atoms in total. The molecule has 3 heterocycles. The number of rotatable bonds is 8. The summed E-state index contributed by atoms with van der Waals surface area (Å²) >= 11 is 0. The molecule has 2 aliphatic rings. The monoisotopic (exact) mass is 510 g/mol. The van der Waals surface area contributed by atoms with Crippen LogP contribution in [0.5, 0.6) is 0 Å². The van der Waals surface area contributed by atoms with Gasteiger partial charge in [0.2, 0.25) is 10.0 Å². The van der Waals surface area contributed by atoms with Crippen LogP contribution in [0.4, 0.5) is 27.1 Å². The second-order valence-corrected chi connectivity index (χ2v) is 11.5. The largest absolute Gasteiger partial charge is 0.352 e. The van der Waals surface area contributed by atoms with Crippen molar-refractivity contribution in [3.8, 4) is 11.3 Å². The molecule has 0 bridgehead atoms. The molecule has 0 amide bonds. The first-order valence-corrected chi connectivity index (χ1v) is 13.4. The molecule has 1 unspecified atom stereocenters. The molecule has 1 aliphatic carbocycles. The second-order valence-electron chi connectivity index (χ2n) is 9.46. The fourth-order valence-corrected chi connectivity index (χ4v) is 4.89. The number of hydrogen-bond acceptors (Lipinski definition) is 7. The van der Waals surface area contributed by atoms with E-state index in [1.165, 1.54) is 11.4 Å². The molecule has 2 atom stereocenters. The van der Waals surface area contributed by atoms with Crippen LogP contribution < -0.4 is 9.62 Å². The van der Waals surface area contributed by atoms with E-state index < -0.39 is 22.1 Å². The van der Waals surface area contributed by atoms with Crippen LogP contribution in [-0.2, 0) is 34.7 Å². The van der Waals surface area contributed by atoms with Gasteiger partial charge in [0, 0.05) is 38.2 Å². The lowest BCUT2D eigenvalue weighted by Crippen LogP contribution is -2.25. The Bertz CT molecular complexity index is 1510. The van der Waals surface area contributed by atoms with Crippen LogP contribution in [0.3, 0.4) is 0 Å². The summed E-state index contributed by atoms with van der Waals surface area (Å²) in [6.45, 7) is 1.90. The van der Waals surface area contributed by atoms with Crippen LogP contribution >= 0.6 is 0 Å². The lowest BCUT2D eigenvalue weighted by Gasteiger charge is -2.23. The van der Waals surface area contributed by atoms with Crippen molar-refractivity contribution in [1.29, 1.82) is 0 Å². The molecule has 0 spiro atoms. The highest BCUT2D eigenvalue weighted by Crippen LogP contribution is 2.41. The molecule has 0 radical (unpaired) electrons. The third kappa shape index (κ3) is 4.62. The van der Waals surface area contributed by atoms with E-state index in [0.29, 0.717) is 34.9 Å². The zero-order chi connectivity index (χ0) is 25.8. The summed E-state index contributed by atoms with van der Waals surface area (Å²) in [6.07, 6.45) is 4.36. The average Bonchev–Trinajstić information content (AvgIpc) is 3.19. The lowest BCUT2D eigenvalue weighted by molar-refractivity contribution is -0.120. The maximum atomic E-state index is 13.4. The molecular weight excluding hydrogens is 483 g/mol. The Balaban J connectivity index is 1.56. The third-order valence-electron chi connectivity index (χ3n) is 6.54. The van der Waals surface area contributed by atoms with E-state index in [4.69, 9.17) is 0 Å². The first kappa shape index (κ1) is 24.1. The number of aryl methyl sites for hydroxylation is 1. The van der Waals surface area contributed by atoms with Gasteiger partial charge in [0.05, 0.1) is 58.8 Å². The zero-order valence-corrected chi connectivity index (χ0v) is 21.3. The smallest absolute Gasteiger partial charge is 0.232 e. The van der Waals surface area contributed by atoms with E-state index in [-0.39, 0.29) is 18.6 Å². The van der Waals surface area contributed by atoms with Crippen molar-refractivity contribution in [3.63, 3.8) is 0 Å². The molecule has 1 aliphatic heterocycles. The summed E-state index contributed by atoms with van der Waals surface area (Å²) in [4.78, 5) is 25.8. The highest BCUT2D eigenvalue weighted by atomic mass is 32.2. The van der Waals surface area contributed by atoms with Gasteiger partial charge in [0.15, 0.2) is 0 Å². The van der Waals surface area contributed by atoms with Crippen molar-refractivity contribution in [2.75, 3.05) is 22.9 Å². The van der Waals surface area contributed by atoms with Crippen LogP contribution in [-0.4, -0.2) is 53.9 Å². The van der Waals surface area contributed by atoms with Gasteiger partial charge in [0.25, 0.3) is 0 Å². The number of halogens is 1. The number of aromatic nitrogens is 3. The number of sulfonamides is 1. The SMILES string of the molecule is CC1=Nc2c(Nc3ccc(-c4cncn4C)cc3N(C)S(C)(=O)=O)cc(CC(=O)C3C[C@@H]3F)nc2C1. The number of ketones is 1. The minimum absolute atomic E-state index is 0.0433. The van der Waals surface area contributed by atoms with E-state index >= 15 is 0 Å². The van der Waals surface area contributed by atoms with Crippen LogP contribution in [0.15, 0.2) is 41.8 Å². The fraction of sp³-hybridized carbons (Fsp3) is 0.360. The maximum absolute atomic E-state index is 13.4. The first-order chi connectivity index (χ1) is 17.0. The van der Waals surface area contributed by atoms with Gasteiger partial charge in [-0.2, -0.15) is 0 Å². The van der Waals surface area contributed by atoms with E-state index in [1.807, 2.05) is 24.6 Å². The van der Waals surface area contributed by atoms with Crippen LogP contribution in [0.25, 0.3) is 11.3 Å². The third-order valence-corrected chi connectivity index (χ3v) is 7.73. The summed E-state index contributed by atoms with van der Waals surface area (Å²) in [7, 11) is -0.207. The summed E-state index contributed by atoms with van der Waals surface area (Å²) in [5, 5.41) is 3.34. The van der Waals surface area contributed by atoms with Gasteiger partial charge >= 0.3 is 0 Å². The number of nitrogens with zero attached hydrogens (tertiary/aromatic N) is 5. The Hall–Kier alpha value is -3.60. The number of pyridine rings is 1. The minimum Gasteiger partial charge on any atom is -0.352 e. The summed E-state index contributed by atoms with van der Waals surface area (Å²) in [5.74, 6) is -0.696. The summed E-state index contributed by atoms with van der Waals surface area (Å²) < 4.78 is 41.4. The number of hydrogen-bond donors (Lipinski definition) is 1. The van der Waals surface area contributed by atoms with E-state index in [0.717, 1.165) is 28.9 Å². The fourth-order valence-electron chi connectivity index (χ4n) is 4.38. The Labute approximate surface area is 209 Å². The van der Waals surface area contributed by atoms with E-state index in [2.05, 4.69) is 20.3 Å². The number of carbonyl (C=O) groups excluding carboxylic acids is 1. The predicted octanol–water partition coefficient (Wildman–Crippen LogP) is 3.74. The van der Waals surface area contributed by atoms with Crippen molar-refractivity contribution in [2.24, 2.45) is 18.0 Å². The van der Waals surface area contributed by atoms with Crippen LogP contribution in [0.1, 0.15) is 24.7 Å². The quantitative estimate of drug-likeness (QED) is 0.495. The van der Waals surface area contributed by atoms with Gasteiger partial charge in [-0.1, -0.05) is 6.07 Å². The Kier molecular flexibility index (Phi) is 5.90. The molecule has 188 valence electrons. The van der Waals surface area contributed by atoms with Gasteiger partial charge in [-0.3, -0.25) is 19.1 Å². The number of fused-ring (bicyclic) bond motifs is 1. The van der Waals surface area contributed by atoms with Gasteiger partial charge in [-0.05, 0) is 31.5 Å². The van der Waals surface area contributed by atoms with E-state index in [1.54, 1.807) is 30.7 Å². The van der Waals surface area contributed by atoms with Crippen LogP contribution in [0, 0.1) is 5.92 Å². The van der Waals surface area contributed by atoms with Crippen molar-refractivity contribution in [2.45, 2.75) is 32.4 Å². The molecule has 1 saturated carbocycles. The Morgan fingerprint density at radius 3 is 2.67 bits per heavy atom. The van der Waals surface area contributed by atoms with Gasteiger partial charge in [-0.15, -0.1) is 0 Å². The second kappa shape index (κ2) is 8.81. The number of anilines is 3. The summed E-state index contributed by atoms with van der Waals surface area (Å²) in [6, 6.07) is 7.22. The van der Waals surface area contributed by atoms with Crippen LogP contribution in [0.2, 0.25) is 0 Å². The molecule has 1 aromatic carbocycles. The number of benzene rings is 1. The normalized spacial score (nSPS) is 18.5. The summed E-state index contributed by atoms with van der Waals surface area (Å²) in [5.41, 5.74) is 6.05. The molecule has 3 aromatic rings. The maximum Gasteiger partial charge on any atom is 0.232 e. The number of alkyl halides is 1. The molecule has 0 saturated heterocycles. The number of aliphatic imine (C=N–C) groups is 1. The lowest BCUT2D eigenvalue weighted by atomic mass is 10.1. The zero-order valence-electron chi connectivity index (χ0n) is 20.5. The molecule has 36 heavy (non-hydrogen) atoms. The molecule has 1 fully saturated rings. The van der Waals surface area contributed by atoms with Crippen molar-refractivity contribution < 1.29 is 17.6 Å². The molecule has 1 N–H and O–H groups in total. The number of imidazole rings is 1. The number of Topliss-reactive ketones (excluding diaryl/α,β-unsaturated/α-hetero) is 1. The standard InChI is InChI=1S/C25H27FN6O3S/c1-14-7-20-25(28-14)21(9-16(29-20)10-24(33)17-11-18(17)26)30-19-6-5-15(23-12-27-13-31(23)2)8-22(19)32(3)36(4,34)35/h5-6,8-9,12-13,17-18H,7,10-11H2,1-4H3,(H,29,30)/t17?,18-/m0/s1. The van der Waals surface area contributed by atoms with E-state index in [9.17, 15) is 17.6 Å². The Morgan fingerprint density at radius 2 is 2.03 bits per heavy atom. The van der Waals surface area contributed by atoms with Gasteiger partial charge in [-0.25, -0.2) is 17.8 Å². The molecule has 2 aromatic heterocycles. The van der Waals surface area contributed by atoms with Crippen molar-refractivity contribution in [1.82, 2.24) is 14.5 Å². The van der Waals surface area contributed by atoms with Gasteiger partial charge in [0.1, 0.15) is 17.6 Å². The van der Waals surface area contributed by atoms with Gasteiger partial charge < -0.3 is 9.88 Å². The molecule has 5 rings (SSSR count). The Morgan fingerprint density at radius 1 is 1.28 bits per heavy atom. The topological polar surface area (TPSA) is 110 Å². The minimum atomic E-state index is -3.57. The highest BCUT2D eigenvalue weighted by molar-refractivity contribution is 7.92. The average molecular weight is 511 g/mol. The predicted molar refractivity (Wildman–Crippen MR) is 138 cm³/mol. The molecular formula is C25H27FN6O3S. The first-order valence-electron chi connectivity index (χ1n) is 11.6.